The third-order valence-corrected chi connectivity index (χ3v) is 2.68. The molecule has 0 saturated heterocycles. The standard InChI is InChI=1S/C11H8FNO3S/c12-10-3-8(1-2-9(10)11(14)15)16-4-7-5-17-6-13-7/h1-3,5-6H,4H2,(H,14,15). The molecule has 17 heavy (non-hydrogen) atoms. The largest absolute Gasteiger partial charge is 0.487 e. The fourth-order valence-electron chi connectivity index (χ4n) is 1.23. The van der Waals surface area contributed by atoms with Crippen molar-refractivity contribution in [3.05, 3.63) is 46.2 Å². The number of aromatic nitrogens is 1. The van der Waals surface area contributed by atoms with Gasteiger partial charge in [0.2, 0.25) is 0 Å². The van der Waals surface area contributed by atoms with E-state index in [1.807, 2.05) is 5.38 Å². The Bertz CT molecular complexity index is 528. The average Bonchev–Trinajstić information content (AvgIpc) is 2.78. The highest BCUT2D eigenvalue weighted by Crippen LogP contribution is 2.18. The van der Waals surface area contributed by atoms with Crippen molar-refractivity contribution in [3.63, 3.8) is 0 Å². The molecule has 0 spiro atoms. The summed E-state index contributed by atoms with van der Waals surface area (Å²) in [6.07, 6.45) is 0. The van der Waals surface area contributed by atoms with Crippen molar-refractivity contribution in [2.24, 2.45) is 0 Å². The molecule has 2 aromatic rings. The van der Waals surface area contributed by atoms with E-state index >= 15 is 0 Å². The van der Waals surface area contributed by atoms with E-state index in [0.717, 1.165) is 11.8 Å². The van der Waals surface area contributed by atoms with E-state index in [9.17, 15) is 9.18 Å². The molecule has 0 aliphatic carbocycles. The predicted molar refractivity (Wildman–Crippen MR) is 59.8 cm³/mol. The van der Waals surface area contributed by atoms with Crippen LogP contribution in [0.4, 0.5) is 4.39 Å². The minimum atomic E-state index is -1.30. The van der Waals surface area contributed by atoms with Gasteiger partial charge < -0.3 is 9.84 Å². The lowest BCUT2D eigenvalue weighted by Gasteiger charge is -2.05. The Morgan fingerprint density at radius 3 is 2.94 bits per heavy atom. The maximum Gasteiger partial charge on any atom is 0.338 e. The normalized spacial score (nSPS) is 10.2. The molecule has 4 nitrogen and oxygen atoms in total. The van der Waals surface area contributed by atoms with Crippen LogP contribution in [0.25, 0.3) is 0 Å². The number of hydrogen-bond donors (Lipinski definition) is 1. The van der Waals surface area contributed by atoms with Crippen molar-refractivity contribution in [1.82, 2.24) is 4.98 Å². The van der Waals surface area contributed by atoms with Gasteiger partial charge in [0, 0.05) is 11.4 Å². The van der Waals surface area contributed by atoms with Crippen LogP contribution >= 0.6 is 11.3 Å². The summed E-state index contributed by atoms with van der Waals surface area (Å²) in [5.41, 5.74) is 2.05. The number of benzene rings is 1. The van der Waals surface area contributed by atoms with Gasteiger partial charge in [-0.25, -0.2) is 14.2 Å². The molecule has 0 atom stereocenters. The molecule has 0 aliphatic heterocycles. The van der Waals surface area contributed by atoms with E-state index in [2.05, 4.69) is 4.98 Å². The molecule has 1 N–H and O–H groups in total. The molecule has 0 fully saturated rings. The van der Waals surface area contributed by atoms with Gasteiger partial charge in [0.05, 0.1) is 16.8 Å². The molecule has 0 amide bonds. The molecule has 0 aliphatic rings. The number of aromatic carboxylic acids is 1. The second kappa shape index (κ2) is 4.92. The second-order valence-corrected chi connectivity index (χ2v) is 3.93. The molecule has 6 heteroatoms. The maximum atomic E-state index is 13.3. The molecule has 0 unspecified atom stereocenters. The lowest BCUT2D eigenvalue weighted by atomic mass is 10.2. The van der Waals surface area contributed by atoms with E-state index < -0.39 is 11.8 Å². The smallest absolute Gasteiger partial charge is 0.338 e. The zero-order valence-corrected chi connectivity index (χ0v) is 9.41. The Kier molecular flexibility index (Phi) is 3.34. The van der Waals surface area contributed by atoms with Gasteiger partial charge in [0.1, 0.15) is 18.2 Å². The lowest BCUT2D eigenvalue weighted by molar-refractivity contribution is 0.0692. The van der Waals surface area contributed by atoms with Crippen LogP contribution in [-0.4, -0.2) is 16.1 Å². The summed E-state index contributed by atoms with van der Waals surface area (Å²) in [6, 6.07) is 3.64. The Morgan fingerprint density at radius 1 is 1.53 bits per heavy atom. The molecule has 1 aromatic carbocycles. The second-order valence-electron chi connectivity index (χ2n) is 3.22. The maximum absolute atomic E-state index is 13.3. The van der Waals surface area contributed by atoms with Gasteiger partial charge in [-0.3, -0.25) is 0 Å². The molecule has 0 saturated carbocycles. The Hall–Kier alpha value is -1.95. The highest BCUT2D eigenvalue weighted by Gasteiger charge is 2.10. The molecular formula is C11H8FNO3S. The van der Waals surface area contributed by atoms with Crippen molar-refractivity contribution in [2.75, 3.05) is 0 Å². The van der Waals surface area contributed by atoms with Gasteiger partial charge >= 0.3 is 5.97 Å². The first kappa shape index (κ1) is 11.5. The highest BCUT2D eigenvalue weighted by molar-refractivity contribution is 7.07. The van der Waals surface area contributed by atoms with Gasteiger partial charge in [0.15, 0.2) is 0 Å². The monoisotopic (exact) mass is 253 g/mol. The zero-order valence-electron chi connectivity index (χ0n) is 8.59. The molecule has 1 heterocycles. The lowest BCUT2D eigenvalue weighted by Crippen LogP contribution is -2.01. The minimum absolute atomic E-state index is 0.232. The van der Waals surface area contributed by atoms with Gasteiger partial charge in [-0.15, -0.1) is 11.3 Å². The number of carboxylic acids is 1. The number of thiazole rings is 1. The van der Waals surface area contributed by atoms with Crippen molar-refractivity contribution >= 4 is 17.3 Å². The zero-order chi connectivity index (χ0) is 12.3. The number of halogens is 1. The summed E-state index contributed by atoms with van der Waals surface area (Å²) in [7, 11) is 0. The molecule has 88 valence electrons. The number of carboxylic acid groups (broad SMARTS) is 1. The number of hydrogen-bond acceptors (Lipinski definition) is 4. The first-order chi connectivity index (χ1) is 8.16. The summed E-state index contributed by atoms with van der Waals surface area (Å²) in [5, 5.41) is 10.5. The quantitative estimate of drug-likeness (QED) is 0.909. The van der Waals surface area contributed by atoms with Crippen molar-refractivity contribution in [1.29, 1.82) is 0 Å². The molecule has 0 radical (unpaired) electrons. The van der Waals surface area contributed by atoms with Crippen molar-refractivity contribution < 1.29 is 19.0 Å². The summed E-state index contributed by atoms with van der Waals surface area (Å²) >= 11 is 1.44. The van der Waals surface area contributed by atoms with E-state index in [0.29, 0.717) is 0 Å². The fraction of sp³-hybridized carbons (Fsp3) is 0.0909. The van der Waals surface area contributed by atoms with Crippen LogP contribution in [0.15, 0.2) is 29.1 Å². The number of carbonyl (C=O) groups is 1. The number of ether oxygens (including phenoxy) is 1. The van der Waals surface area contributed by atoms with E-state index in [1.54, 1.807) is 5.51 Å². The Labute approximate surface area is 100 Å². The predicted octanol–water partition coefficient (Wildman–Crippen LogP) is 2.56. The summed E-state index contributed by atoms with van der Waals surface area (Å²) in [4.78, 5) is 14.6. The molecular weight excluding hydrogens is 245 g/mol. The van der Waals surface area contributed by atoms with Crippen LogP contribution in [0.5, 0.6) is 5.75 Å². The van der Waals surface area contributed by atoms with Crippen LogP contribution in [0.2, 0.25) is 0 Å². The minimum Gasteiger partial charge on any atom is -0.487 e. The van der Waals surface area contributed by atoms with Crippen LogP contribution in [0.1, 0.15) is 16.1 Å². The third-order valence-electron chi connectivity index (χ3n) is 2.04. The van der Waals surface area contributed by atoms with Crippen LogP contribution in [0.3, 0.4) is 0 Å². The molecule has 2 rings (SSSR count). The van der Waals surface area contributed by atoms with Crippen LogP contribution in [-0.2, 0) is 6.61 Å². The van der Waals surface area contributed by atoms with Crippen molar-refractivity contribution in [3.8, 4) is 5.75 Å². The van der Waals surface area contributed by atoms with Crippen LogP contribution < -0.4 is 4.74 Å². The SMILES string of the molecule is O=C(O)c1ccc(OCc2cscn2)cc1F. The van der Waals surface area contributed by atoms with Gasteiger partial charge in [-0.05, 0) is 12.1 Å². The highest BCUT2D eigenvalue weighted by atomic mass is 32.1. The summed E-state index contributed by atoms with van der Waals surface area (Å²) in [6.45, 7) is 0.232. The topological polar surface area (TPSA) is 59.4 Å². The fourth-order valence-corrected chi connectivity index (χ4v) is 1.77. The van der Waals surface area contributed by atoms with Crippen molar-refractivity contribution in [2.45, 2.75) is 6.61 Å². The van der Waals surface area contributed by atoms with Crippen LogP contribution in [0, 0.1) is 5.82 Å². The molecule has 1 aromatic heterocycles. The molecule has 0 bridgehead atoms. The van der Waals surface area contributed by atoms with E-state index in [1.165, 1.54) is 23.5 Å². The summed E-state index contributed by atoms with van der Waals surface area (Å²) in [5.74, 6) is -1.83. The first-order valence-corrected chi connectivity index (χ1v) is 5.64. The first-order valence-electron chi connectivity index (χ1n) is 4.69. The number of rotatable bonds is 4. The summed E-state index contributed by atoms with van der Waals surface area (Å²) < 4.78 is 18.6. The van der Waals surface area contributed by atoms with E-state index in [-0.39, 0.29) is 17.9 Å². The Morgan fingerprint density at radius 2 is 2.35 bits per heavy atom. The van der Waals surface area contributed by atoms with Gasteiger partial charge in [-0.1, -0.05) is 0 Å². The number of nitrogens with zero attached hydrogens (tertiary/aromatic N) is 1. The van der Waals surface area contributed by atoms with E-state index in [4.69, 9.17) is 9.84 Å². The van der Waals surface area contributed by atoms with Gasteiger partial charge in [-0.2, -0.15) is 0 Å². The Balaban J connectivity index is 2.07. The third kappa shape index (κ3) is 2.79. The van der Waals surface area contributed by atoms with Gasteiger partial charge in [0.25, 0.3) is 0 Å². The average molecular weight is 253 g/mol.